The molecule has 1 aliphatic rings. The highest BCUT2D eigenvalue weighted by atomic mass is 32.1. The maximum absolute atomic E-state index is 13.3. The van der Waals surface area contributed by atoms with Crippen LogP contribution in [0.5, 0.6) is 5.75 Å². The molecule has 0 aromatic carbocycles. The second kappa shape index (κ2) is 6.38. The Balaban J connectivity index is 1.62. The van der Waals surface area contributed by atoms with Gasteiger partial charge in [-0.25, -0.2) is 14.4 Å². The number of halogens is 1. The van der Waals surface area contributed by atoms with Crippen LogP contribution < -0.4 is 9.64 Å². The van der Waals surface area contributed by atoms with Crippen LogP contribution in [-0.4, -0.2) is 31.7 Å². The van der Waals surface area contributed by atoms with Crippen LogP contribution in [0.2, 0.25) is 0 Å². The van der Waals surface area contributed by atoms with E-state index in [1.54, 1.807) is 43.3 Å². The zero-order valence-corrected chi connectivity index (χ0v) is 15.7. The van der Waals surface area contributed by atoms with Crippen LogP contribution >= 0.6 is 11.3 Å². The van der Waals surface area contributed by atoms with Crippen LogP contribution in [-0.2, 0) is 11.3 Å². The van der Waals surface area contributed by atoms with Crippen molar-refractivity contribution in [3.8, 4) is 16.5 Å². The van der Waals surface area contributed by atoms with Gasteiger partial charge in [0.25, 0.3) is 17.7 Å². The molecule has 1 amide bonds. The molecule has 10 heteroatoms. The van der Waals surface area contributed by atoms with Gasteiger partial charge >= 0.3 is 0 Å². The van der Waals surface area contributed by atoms with E-state index in [1.165, 1.54) is 18.3 Å². The fraction of sp³-hybridized carbons (Fsp3) is 0.353. The summed E-state index contributed by atoms with van der Waals surface area (Å²) in [6, 6.07) is 3.53. The summed E-state index contributed by atoms with van der Waals surface area (Å²) in [4.78, 5) is 23.6. The molecule has 8 nitrogen and oxygen atoms in total. The summed E-state index contributed by atoms with van der Waals surface area (Å²) in [5.74, 6) is 0.896. The van der Waals surface area contributed by atoms with Crippen molar-refractivity contribution in [3.63, 3.8) is 0 Å². The van der Waals surface area contributed by atoms with E-state index in [2.05, 4.69) is 20.2 Å². The fourth-order valence-electron chi connectivity index (χ4n) is 2.66. The fourth-order valence-corrected chi connectivity index (χ4v) is 3.49. The van der Waals surface area contributed by atoms with Crippen LogP contribution in [0.1, 0.15) is 37.8 Å². The van der Waals surface area contributed by atoms with Crippen molar-refractivity contribution in [2.24, 2.45) is 0 Å². The van der Waals surface area contributed by atoms with E-state index in [-0.39, 0.29) is 24.2 Å². The smallest absolute Gasteiger partial charge is 0.272 e. The molecule has 0 bridgehead atoms. The monoisotopic (exact) mass is 389 g/mol. The summed E-state index contributed by atoms with van der Waals surface area (Å²) in [7, 11) is 0. The Morgan fingerprint density at radius 2 is 2.15 bits per heavy atom. The van der Waals surface area contributed by atoms with Gasteiger partial charge in [0.2, 0.25) is 0 Å². The molecule has 1 unspecified atom stereocenters. The van der Waals surface area contributed by atoms with Crippen molar-refractivity contribution in [2.75, 3.05) is 4.90 Å². The maximum atomic E-state index is 13.3. The van der Waals surface area contributed by atoms with Crippen molar-refractivity contribution in [3.05, 3.63) is 35.4 Å². The molecule has 1 atom stereocenters. The zero-order chi connectivity index (χ0) is 19.2. The molecule has 3 aromatic rings. The first-order valence-electron chi connectivity index (χ1n) is 8.23. The number of alkyl halides is 1. The number of ether oxygens (including phenoxy) is 1. The quantitative estimate of drug-likeness (QED) is 0.675. The molecule has 3 aromatic heterocycles. The van der Waals surface area contributed by atoms with Gasteiger partial charge < -0.3 is 9.15 Å². The van der Waals surface area contributed by atoms with Gasteiger partial charge in [-0.05, 0) is 32.9 Å². The topological polar surface area (TPSA) is 94.2 Å². The molecule has 0 aliphatic carbocycles. The van der Waals surface area contributed by atoms with E-state index in [9.17, 15) is 9.18 Å². The van der Waals surface area contributed by atoms with Crippen LogP contribution in [0, 0.1) is 0 Å². The lowest BCUT2D eigenvalue weighted by Crippen LogP contribution is -2.52. The third-order valence-electron chi connectivity index (χ3n) is 3.97. The molecule has 1 aliphatic heterocycles. The Hall–Kier alpha value is -2.88. The number of carbonyl (C=O) groups is 1. The summed E-state index contributed by atoms with van der Waals surface area (Å²) in [6.07, 6.45) is 1.83. The summed E-state index contributed by atoms with van der Waals surface area (Å²) in [5, 5.41) is 8.17. The van der Waals surface area contributed by atoms with Gasteiger partial charge in [0.05, 0.1) is 12.7 Å². The number of hydrogen-bond acceptors (Lipinski definition) is 8. The molecule has 0 N–H and O–H groups in total. The minimum atomic E-state index is -1.34. The normalized spacial score (nSPS) is 16.7. The van der Waals surface area contributed by atoms with Crippen molar-refractivity contribution in [2.45, 2.75) is 39.1 Å². The first-order chi connectivity index (χ1) is 12.8. The summed E-state index contributed by atoms with van der Waals surface area (Å²) < 4.78 is 24.3. The Labute approximate surface area is 158 Å². The number of hydrogen-bond donors (Lipinski definition) is 0. The Bertz CT molecular complexity index is 1000. The van der Waals surface area contributed by atoms with Crippen molar-refractivity contribution < 1.29 is 18.3 Å². The molecule has 0 saturated carbocycles. The molecule has 27 heavy (non-hydrogen) atoms. The van der Waals surface area contributed by atoms with Gasteiger partial charge in [-0.2, -0.15) is 0 Å². The SMILES string of the molecule is CC(F)c1nnc(-c2cnc(CN3C(=O)C(C)(C)Oc4cccnc43)s2)o1. The molecule has 0 radical (unpaired) electrons. The predicted octanol–water partition coefficient (Wildman–Crippen LogP) is 3.32. The molecular weight excluding hydrogens is 373 g/mol. The Morgan fingerprint density at radius 3 is 2.89 bits per heavy atom. The summed E-state index contributed by atoms with van der Waals surface area (Å²) >= 11 is 1.29. The minimum Gasteiger partial charge on any atom is -0.474 e. The van der Waals surface area contributed by atoms with Crippen molar-refractivity contribution in [1.29, 1.82) is 0 Å². The highest BCUT2D eigenvalue weighted by Crippen LogP contribution is 2.37. The van der Waals surface area contributed by atoms with Gasteiger partial charge in [0.15, 0.2) is 23.3 Å². The number of amides is 1. The van der Waals surface area contributed by atoms with E-state index >= 15 is 0 Å². The molecular formula is C17H16FN5O3S. The van der Waals surface area contributed by atoms with Crippen LogP contribution in [0.4, 0.5) is 10.2 Å². The Kier molecular flexibility index (Phi) is 4.14. The minimum absolute atomic E-state index is 0.0804. The van der Waals surface area contributed by atoms with Gasteiger partial charge in [0.1, 0.15) is 9.88 Å². The lowest BCUT2D eigenvalue weighted by molar-refractivity contribution is -0.132. The summed E-state index contributed by atoms with van der Waals surface area (Å²) in [5.41, 5.74) is -1.01. The molecule has 0 fully saturated rings. The first kappa shape index (κ1) is 17.5. The molecule has 140 valence electrons. The molecule has 4 rings (SSSR count). The van der Waals surface area contributed by atoms with E-state index < -0.39 is 11.8 Å². The third-order valence-corrected chi connectivity index (χ3v) is 4.94. The number of rotatable bonds is 4. The average Bonchev–Trinajstić information content (AvgIpc) is 3.28. The lowest BCUT2D eigenvalue weighted by Gasteiger charge is -2.37. The molecule has 4 heterocycles. The second-order valence-electron chi connectivity index (χ2n) is 6.51. The number of pyridine rings is 1. The standard InChI is InChI=1S/C17H16FN5O3S/c1-9(18)14-21-22-15(25-14)11-7-20-12(27-11)8-23-13-10(5-4-6-19-13)26-17(2,3)16(23)24/h4-7,9H,8H2,1-3H3. The number of carbonyl (C=O) groups excluding carboxylic acids is 1. The highest BCUT2D eigenvalue weighted by Gasteiger charge is 2.42. The Morgan fingerprint density at radius 1 is 1.33 bits per heavy atom. The van der Waals surface area contributed by atoms with Crippen molar-refractivity contribution >= 4 is 23.1 Å². The van der Waals surface area contributed by atoms with Gasteiger partial charge in [-0.3, -0.25) is 9.69 Å². The van der Waals surface area contributed by atoms with Crippen LogP contribution in [0.25, 0.3) is 10.8 Å². The lowest BCUT2D eigenvalue weighted by atomic mass is 10.1. The zero-order valence-electron chi connectivity index (χ0n) is 14.8. The number of thiazole rings is 1. The van der Waals surface area contributed by atoms with E-state index in [1.807, 2.05) is 0 Å². The molecule has 0 saturated heterocycles. The second-order valence-corrected chi connectivity index (χ2v) is 7.62. The highest BCUT2D eigenvalue weighted by molar-refractivity contribution is 7.15. The number of aromatic nitrogens is 4. The third kappa shape index (κ3) is 3.16. The maximum Gasteiger partial charge on any atom is 0.272 e. The molecule has 0 spiro atoms. The average molecular weight is 389 g/mol. The number of fused-ring (bicyclic) bond motifs is 1. The van der Waals surface area contributed by atoms with Gasteiger partial charge in [-0.15, -0.1) is 21.5 Å². The number of anilines is 1. The summed E-state index contributed by atoms with van der Waals surface area (Å²) in [6.45, 7) is 4.97. The van der Waals surface area contributed by atoms with Crippen LogP contribution in [0.15, 0.2) is 28.9 Å². The van der Waals surface area contributed by atoms with Gasteiger partial charge in [-0.1, -0.05) is 0 Å². The predicted molar refractivity (Wildman–Crippen MR) is 95.1 cm³/mol. The number of nitrogens with zero attached hydrogens (tertiary/aromatic N) is 5. The van der Waals surface area contributed by atoms with E-state index in [0.717, 1.165) is 0 Å². The van der Waals surface area contributed by atoms with E-state index in [4.69, 9.17) is 9.15 Å². The van der Waals surface area contributed by atoms with Crippen LogP contribution in [0.3, 0.4) is 0 Å². The van der Waals surface area contributed by atoms with Crippen molar-refractivity contribution in [1.82, 2.24) is 20.2 Å². The van der Waals surface area contributed by atoms with Gasteiger partial charge in [0, 0.05) is 6.20 Å². The van der Waals surface area contributed by atoms with E-state index in [0.29, 0.717) is 21.5 Å². The largest absolute Gasteiger partial charge is 0.474 e. The first-order valence-corrected chi connectivity index (χ1v) is 9.05.